The lowest BCUT2D eigenvalue weighted by molar-refractivity contribution is 0.0786. The minimum Gasteiger partial charge on any atom is -0.398 e. The molecule has 0 fully saturated rings. The zero-order valence-electron chi connectivity index (χ0n) is 11.7. The molecule has 4 heteroatoms. The van der Waals surface area contributed by atoms with Gasteiger partial charge in [-0.1, -0.05) is 24.3 Å². The third-order valence-corrected chi connectivity index (χ3v) is 4.23. The van der Waals surface area contributed by atoms with Crippen LogP contribution in [0.5, 0.6) is 0 Å². The van der Waals surface area contributed by atoms with Crippen LogP contribution in [0.15, 0.2) is 53.2 Å². The Hall–Kier alpha value is -2.33. The van der Waals surface area contributed by atoms with Gasteiger partial charge in [-0.15, -0.1) is 0 Å². The Kier molecular flexibility index (Phi) is 3.62. The van der Waals surface area contributed by atoms with Crippen LogP contribution in [0.3, 0.4) is 0 Å². The summed E-state index contributed by atoms with van der Waals surface area (Å²) in [6.45, 7) is 0.592. The number of anilines is 1. The molecule has 3 rings (SSSR count). The smallest absolute Gasteiger partial charge is 0.256 e. The molecular weight excluding hydrogens is 280 g/mol. The van der Waals surface area contributed by atoms with Crippen LogP contribution in [0.2, 0.25) is 0 Å². The first-order valence-electron chi connectivity index (χ1n) is 6.70. The van der Waals surface area contributed by atoms with Crippen LogP contribution in [-0.4, -0.2) is 17.9 Å². The molecule has 2 aromatic carbocycles. The first kappa shape index (κ1) is 13.6. The van der Waals surface area contributed by atoms with Crippen molar-refractivity contribution < 1.29 is 4.79 Å². The Labute approximate surface area is 127 Å². The molecule has 21 heavy (non-hydrogen) atoms. The van der Waals surface area contributed by atoms with E-state index in [1.165, 1.54) is 0 Å². The summed E-state index contributed by atoms with van der Waals surface area (Å²) in [5, 5.41) is 6.14. The lowest BCUT2D eigenvalue weighted by Gasteiger charge is -2.18. The molecule has 0 aliphatic carbocycles. The summed E-state index contributed by atoms with van der Waals surface area (Å²) in [6.07, 6.45) is 0. The van der Waals surface area contributed by atoms with E-state index in [9.17, 15) is 4.79 Å². The summed E-state index contributed by atoms with van der Waals surface area (Å²) in [4.78, 5) is 14.3. The van der Waals surface area contributed by atoms with Crippen LogP contribution in [0.25, 0.3) is 10.8 Å². The quantitative estimate of drug-likeness (QED) is 0.748. The number of carbonyl (C=O) groups excluding carboxylic acids is 1. The van der Waals surface area contributed by atoms with Gasteiger partial charge >= 0.3 is 0 Å². The predicted octanol–water partition coefficient (Wildman–Crippen LogP) is 3.76. The normalized spacial score (nSPS) is 10.7. The molecule has 1 aromatic heterocycles. The second kappa shape index (κ2) is 5.58. The standard InChI is InChI=1S/C17H16N2OS/c1-19(10-12-6-7-21-11-12)17(20)15-8-13-4-2-3-5-14(13)9-16(15)18/h2-9,11H,10,18H2,1H3. The second-order valence-electron chi connectivity index (χ2n) is 5.08. The average molecular weight is 296 g/mol. The maximum absolute atomic E-state index is 12.6. The molecule has 0 atom stereocenters. The second-order valence-corrected chi connectivity index (χ2v) is 5.86. The number of thiophene rings is 1. The van der Waals surface area contributed by atoms with Gasteiger partial charge in [0.15, 0.2) is 0 Å². The molecule has 0 spiro atoms. The van der Waals surface area contributed by atoms with Gasteiger partial charge in [0, 0.05) is 19.3 Å². The van der Waals surface area contributed by atoms with Crippen molar-refractivity contribution in [3.8, 4) is 0 Å². The fraction of sp³-hybridized carbons (Fsp3) is 0.118. The highest BCUT2D eigenvalue weighted by Gasteiger charge is 2.16. The number of nitrogens with two attached hydrogens (primary N) is 1. The van der Waals surface area contributed by atoms with Crippen molar-refractivity contribution in [2.75, 3.05) is 12.8 Å². The number of amides is 1. The third kappa shape index (κ3) is 2.76. The molecule has 2 N–H and O–H groups in total. The van der Waals surface area contributed by atoms with Crippen LogP contribution in [0, 0.1) is 0 Å². The van der Waals surface area contributed by atoms with E-state index in [2.05, 4.69) is 0 Å². The fourth-order valence-corrected chi connectivity index (χ4v) is 3.04. The van der Waals surface area contributed by atoms with E-state index in [1.54, 1.807) is 23.3 Å². The highest BCUT2D eigenvalue weighted by atomic mass is 32.1. The summed E-state index contributed by atoms with van der Waals surface area (Å²) in [7, 11) is 1.80. The number of rotatable bonds is 3. The van der Waals surface area contributed by atoms with Crippen molar-refractivity contribution in [1.29, 1.82) is 0 Å². The van der Waals surface area contributed by atoms with Crippen molar-refractivity contribution >= 4 is 33.7 Å². The molecule has 3 nitrogen and oxygen atoms in total. The molecule has 0 aliphatic heterocycles. The summed E-state index contributed by atoms with van der Waals surface area (Å²) in [6, 6.07) is 13.7. The molecule has 0 radical (unpaired) electrons. The Bertz CT molecular complexity index is 781. The summed E-state index contributed by atoms with van der Waals surface area (Å²) >= 11 is 1.63. The van der Waals surface area contributed by atoms with Crippen LogP contribution in [0.1, 0.15) is 15.9 Å². The minimum absolute atomic E-state index is 0.0514. The van der Waals surface area contributed by atoms with Crippen LogP contribution >= 0.6 is 11.3 Å². The van der Waals surface area contributed by atoms with Gasteiger partial charge in [0.05, 0.1) is 5.56 Å². The fourth-order valence-electron chi connectivity index (χ4n) is 2.38. The Balaban J connectivity index is 1.91. The first-order valence-corrected chi connectivity index (χ1v) is 7.64. The Morgan fingerprint density at radius 1 is 1.19 bits per heavy atom. The highest BCUT2D eigenvalue weighted by Crippen LogP contribution is 2.23. The molecule has 0 bridgehead atoms. The summed E-state index contributed by atoms with van der Waals surface area (Å²) < 4.78 is 0. The molecule has 3 aromatic rings. The van der Waals surface area contributed by atoms with Gasteiger partial charge in [-0.25, -0.2) is 0 Å². The molecule has 0 aliphatic rings. The van der Waals surface area contributed by atoms with Crippen molar-refractivity contribution in [3.63, 3.8) is 0 Å². The van der Waals surface area contributed by atoms with Crippen LogP contribution in [-0.2, 0) is 6.54 Å². The van der Waals surface area contributed by atoms with Crippen molar-refractivity contribution in [3.05, 3.63) is 64.4 Å². The largest absolute Gasteiger partial charge is 0.398 e. The SMILES string of the molecule is CN(Cc1ccsc1)C(=O)c1cc2ccccc2cc1N. The minimum atomic E-state index is -0.0514. The van der Waals surface area contributed by atoms with Crippen LogP contribution < -0.4 is 5.73 Å². The average Bonchev–Trinajstić information content (AvgIpc) is 2.98. The van der Waals surface area contributed by atoms with E-state index in [-0.39, 0.29) is 5.91 Å². The summed E-state index contributed by atoms with van der Waals surface area (Å²) in [5.74, 6) is -0.0514. The van der Waals surface area contributed by atoms with E-state index in [1.807, 2.05) is 53.2 Å². The van der Waals surface area contributed by atoms with E-state index in [0.29, 0.717) is 17.8 Å². The highest BCUT2D eigenvalue weighted by molar-refractivity contribution is 7.07. The summed E-state index contributed by atoms with van der Waals surface area (Å²) in [5.41, 5.74) is 8.27. The number of nitrogen functional groups attached to an aromatic ring is 1. The number of nitrogens with zero attached hydrogens (tertiary/aromatic N) is 1. The third-order valence-electron chi connectivity index (χ3n) is 3.49. The molecule has 1 heterocycles. The number of hydrogen-bond donors (Lipinski definition) is 1. The Morgan fingerprint density at radius 2 is 1.90 bits per heavy atom. The van der Waals surface area contributed by atoms with E-state index < -0.39 is 0 Å². The van der Waals surface area contributed by atoms with Gasteiger partial charge < -0.3 is 10.6 Å². The van der Waals surface area contributed by atoms with Gasteiger partial charge in [-0.2, -0.15) is 11.3 Å². The molecule has 0 saturated carbocycles. The first-order chi connectivity index (χ1) is 10.1. The number of fused-ring (bicyclic) bond motifs is 1. The number of benzene rings is 2. The number of carbonyl (C=O) groups is 1. The molecule has 1 amide bonds. The molecular formula is C17H16N2OS. The van der Waals surface area contributed by atoms with E-state index >= 15 is 0 Å². The van der Waals surface area contributed by atoms with E-state index in [4.69, 9.17) is 5.73 Å². The lowest BCUT2D eigenvalue weighted by atomic mass is 10.0. The molecule has 106 valence electrons. The maximum atomic E-state index is 12.6. The molecule has 0 unspecified atom stereocenters. The van der Waals surface area contributed by atoms with Gasteiger partial charge in [-0.3, -0.25) is 4.79 Å². The Morgan fingerprint density at radius 3 is 2.57 bits per heavy atom. The van der Waals surface area contributed by atoms with Crippen molar-refractivity contribution in [2.24, 2.45) is 0 Å². The topological polar surface area (TPSA) is 46.3 Å². The van der Waals surface area contributed by atoms with Gasteiger partial charge in [0.2, 0.25) is 0 Å². The van der Waals surface area contributed by atoms with E-state index in [0.717, 1.165) is 16.3 Å². The lowest BCUT2D eigenvalue weighted by Crippen LogP contribution is -2.26. The predicted molar refractivity (Wildman–Crippen MR) is 88.5 cm³/mol. The van der Waals surface area contributed by atoms with Gasteiger partial charge in [0.1, 0.15) is 0 Å². The number of hydrogen-bond acceptors (Lipinski definition) is 3. The zero-order valence-corrected chi connectivity index (χ0v) is 12.6. The van der Waals surface area contributed by atoms with Gasteiger partial charge in [0.25, 0.3) is 5.91 Å². The zero-order chi connectivity index (χ0) is 14.8. The van der Waals surface area contributed by atoms with Crippen LogP contribution in [0.4, 0.5) is 5.69 Å². The monoisotopic (exact) mass is 296 g/mol. The van der Waals surface area contributed by atoms with Crippen molar-refractivity contribution in [2.45, 2.75) is 6.54 Å². The van der Waals surface area contributed by atoms with Crippen molar-refractivity contribution in [1.82, 2.24) is 4.90 Å². The molecule has 0 saturated heterocycles. The maximum Gasteiger partial charge on any atom is 0.256 e. The van der Waals surface area contributed by atoms with Gasteiger partial charge in [-0.05, 0) is 45.3 Å².